The Morgan fingerprint density at radius 2 is 2.19 bits per heavy atom. The Labute approximate surface area is 91.8 Å². The maximum Gasteiger partial charge on any atom is 0.339 e. The van der Waals surface area contributed by atoms with Crippen LogP contribution in [0.5, 0.6) is 0 Å². The summed E-state index contributed by atoms with van der Waals surface area (Å²) in [5.41, 5.74) is 8.77. The van der Waals surface area contributed by atoms with Crippen molar-refractivity contribution in [1.82, 2.24) is 5.32 Å². The van der Waals surface area contributed by atoms with E-state index in [0.29, 0.717) is 6.54 Å². The SMILES string of the molecule is [N-]=[N+]=N/C(=C/NCc1ccccc1)C(=O)O. The van der Waals surface area contributed by atoms with Crippen LogP contribution in [0.2, 0.25) is 0 Å². The van der Waals surface area contributed by atoms with Crippen molar-refractivity contribution in [2.24, 2.45) is 5.11 Å². The summed E-state index contributed by atoms with van der Waals surface area (Å²) in [6.45, 7) is 0.471. The molecule has 0 heterocycles. The van der Waals surface area contributed by atoms with Crippen LogP contribution in [-0.4, -0.2) is 11.1 Å². The summed E-state index contributed by atoms with van der Waals surface area (Å²) in [7, 11) is 0. The number of nitrogens with zero attached hydrogens (tertiary/aromatic N) is 3. The molecular weight excluding hydrogens is 208 g/mol. The highest BCUT2D eigenvalue weighted by Crippen LogP contribution is 1.99. The Balaban J connectivity index is 2.58. The van der Waals surface area contributed by atoms with Crippen LogP contribution >= 0.6 is 0 Å². The van der Waals surface area contributed by atoms with Gasteiger partial charge in [0.15, 0.2) is 0 Å². The van der Waals surface area contributed by atoms with Gasteiger partial charge in [0, 0.05) is 17.7 Å². The Morgan fingerprint density at radius 1 is 1.50 bits per heavy atom. The van der Waals surface area contributed by atoms with Crippen LogP contribution in [0.3, 0.4) is 0 Å². The van der Waals surface area contributed by atoms with Crippen LogP contribution in [0, 0.1) is 0 Å². The first-order chi connectivity index (χ1) is 7.74. The molecule has 0 spiro atoms. The molecule has 6 nitrogen and oxygen atoms in total. The van der Waals surface area contributed by atoms with Gasteiger partial charge in [0.1, 0.15) is 5.70 Å². The lowest BCUT2D eigenvalue weighted by molar-refractivity contribution is -0.132. The van der Waals surface area contributed by atoms with Gasteiger partial charge < -0.3 is 10.4 Å². The summed E-state index contributed by atoms with van der Waals surface area (Å²) in [5, 5.41) is 14.4. The lowest BCUT2D eigenvalue weighted by Crippen LogP contribution is -2.08. The second-order valence-electron chi connectivity index (χ2n) is 2.89. The molecule has 0 saturated heterocycles. The number of nitrogens with one attached hydrogen (secondary N) is 1. The van der Waals surface area contributed by atoms with Crippen molar-refractivity contribution in [2.45, 2.75) is 6.54 Å². The first kappa shape index (κ1) is 11.6. The third kappa shape index (κ3) is 3.73. The monoisotopic (exact) mass is 218 g/mol. The molecule has 16 heavy (non-hydrogen) atoms. The number of rotatable bonds is 5. The Bertz CT molecular complexity index is 431. The summed E-state index contributed by atoms with van der Waals surface area (Å²) in [6.07, 6.45) is 1.18. The summed E-state index contributed by atoms with van der Waals surface area (Å²) in [6, 6.07) is 9.45. The van der Waals surface area contributed by atoms with Gasteiger partial charge in [-0.2, -0.15) is 0 Å². The van der Waals surface area contributed by atoms with E-state index in [9.17, 15) is 4.79 Å². The van der Waals surface area contributed by atoms with Crippen molar-refractivity contribution in [3.63, 3.8) is 0 Å². The highest BCUT2D eigenvalue weighted by molar-refractivity contribution is 5.85. The molecule has 0 aliphatic carbocycles. The van der Waals surface area contributed by atoms with E-state index in [4.69, 9.17) is 10.6 Å². The summed E-state index contributed by atoms with van der Waals surface area (Å²) in [4.78, 5) is 13.0. The van der Waals surface area contributed by atoms with Gasteiger partial charge in [0.25, 0.3) is 0 Å². The third-order valence-electron chi connectivity index (χ3n) is 1.76. The van der Waals surface area contributed by atoms with Crippen LogP contribution in [0.1, 0.15) is 5.56 Å². The zero-order valence-corrected chi connectivity index (χ0v) is 8.37. The molecule has 0 radical (unpaired) electrons. The molecule has 2 N–H and O–H groups in total. The fourth-order valence-electron chi connectivity index (χ4n) is 1.04. The molecule has 0 unspecified atom stereocenters. The van der Waals surface area contributed by atoms with Gasteiger partial charge in [0.05, 0.1) is 0 Å². The highest BCUT2D eigenvalue weighted by Gasteiger charge is 2.02. The standard InChI is InChI=1S/C10H10N4O2/c11-14-13-9(10(15)16)7-12-6-8-4-2-1-3-5-8/h1-5,7,12H,6H2,(H,15,16)/b9-7+. The molecule has 1 aromatic carbocycles. The van der Waals surface area contributed by atoms with Gasteiger partial charge in [-0.15, -0.1) is 0 Å². The van der Waals surface area contributed by atoms with Crippen molar-refractivity contribution in [3.05, 3.63) is 58.2 Å². The molecule has 0 aliphatic heterocycles. The van der Waals surface area contributed by atoms with Crippen molar-refractivity contribution < 1.29 is 9.90 Å². The van der Waals surface area contributed by atoms with Crippen LogP contribution in [0.25, 0.3) is 10.4 Å². The van der Waals surface area contributed by atoms with Crippen molar-refractivity contribution in [3.8, 4) is 0 Å². The molecule has 0 atom stereocenters. The number of hydrogen-bond donors (Lipinski definition) is 2. The van der Waals surface area contributed by atoms with E-state index in [1.807, 2.05) is 30.3 Å². The minimum atomic E-state index is -1.27. The fourth-order valence-corrected chi connectivity index (χ4v) is 1.04. The third-order valence-corrected chi connectivity index (χ3v) is 1.76. The van der Waals surface area contributed by atoms with Gasteiger partial charge in [-0.1, -0.05) is 35.4 Å². The van der Waals surface area contributed by atoms with Gasteiger partial charge in [0.2, 0.25) is 0 Å². The molecule has 0 aliphatic rings. The second kappa shape index (κ2) is 6.10. The second-order valence-corrected chi connectivity index (χ2v) is 2.89. The van der Waals surface area contributed by atoms with Gasteiger partial charge in [-0.3, -0.25) is 0 Å². The van der Waals surface area contributed by atoms with Crippen LogP contribution < -0.4 is 5.32 Å². The van der Waals surface area contributed by atoms with Crippen molar-refractivity contribution in [2.75, 3.05) is 0 Å². The Hall–Kier alpha value is -2.46. The van der Waals surface area contributed by atoms with Crippen LogP contribution in [-0.2, 0) is 11.3 Å². The first-order valence-electron chi connectivity index (χ1n) is 4.50. The van der Waals surface area contributed by atoms with E-state index in [1.165, 1.54) is 6.20 Å². The molecule has 1 rings (SSSR count). The molecule has 0 bridgehead atoms. The number of carboxylic acids is 1. The topological polar surface area (TPSA) is 98.1 Å². The zero-order chi connectivity index (χ0) is 11.8. The number of hydrogen-bond acceptors (Lipinski definition) is 3. The zero-order valence-electron chi connectivity index (χ0n) is 8.37. The molecular formula is C10H10N4O2. The number of azide groups is 1. The molecule has 0 fully saturated rings. The van der Waals surface area contributed by atoms with Crippen molar-refractivity contribution >= 4 is 5.97 Å². The van der Waals surface area contributed by atoms with Gasteiger partial charge in [-0.25, -0.2) is 4.79 Å². The predicted molar refractivity (Wildman–Crippen MR) is 58.1 cm³/mol. The molecule has 0 aromatic heterocycles. The fraction of sp³-hybridized carbons (Fsp3) is 0.100. The van der Waals surface area contributed by atoms with E-state index in [-0.39, 0.29) is 5.70 Å². The number of carboxylic acid groups (broad SMARTS) is 1. The first-order valence-corrected chi connectivity index (χ1v) is 4.50. The molecule has 0 amide bonds. The number of carbonyl (C=O) groups is 1. The van der Waals surface area contributed by atoms with E-state index in [1.54, 1.807) is 0 Å². The quantitative estimate of drug-likeness (QED) is 0.342. The van der Waals surface area contributed by atoms with Crippen LogP contribution in [0.4, 0.5) is 0 Å². The normalized spacial score (nSPS) is 10.4. The smallest absolute Gasteiger partial charge is 0.339 e. The number of aliphatic carboxylic acids is 1. The number of benzene rings is 1. The highest BCUT2D eigenvalue weighted by atomic mass is 16.4. The molecule has 82 valence electrons. The minimum absolute atomic E-state index is 0.363. The molecule has 6 heteroatoms. The van der Waals surface area contributed by atoms with Crippen molar-refractivity contribution in [1.29, 1.82) is 0 Å². The minimum Gasteiger partial charge on any atom is -0.478 e. The summed E-state index contributed by atoms with van der Waals surface area (Å²) >= 11 is 0. The molecule has 1 aromatic rings. The van der Waals surface area contributed by atoms with E-state index in [2.05, 4.69) is 15.3 Å². The average molecular weight is 218 g/mol. The largest absolute Gasteiger partial charge is 0.478 e. The summed E-state index contributed by atoms with van der Waals surface area (Å²) < 4.78 is 0. The Kier molecular flexibility index (Phi) is 4.43. The lowest BCUT2D eigenvalue weighted by atomic mass is 10.2. The Morgan fingerprint density at radius 3 is 2.75 bits per heavy atom. The summed E-state index contributed by atoms with van der Waals surface area (Å²) in [5.74, 6) is -1.27. The van der Waals surface area contributed by atoms with Crippen LogP contribution in [0.15, 0.2) is 47.3 Å². The van der Waals surface area contributed by atoms with E-state index < -0.39 is 5.97 Å². The van der Waals surface area contributed by atoms with E-state index >= 15 is 0 Å². The van der Waals surface area contributed by atoms with Gasteiger partial charge in [-0.05, 0) is 11.1 Å². The maximum absolute atomic E-state index is 10.6. The molecule has 0 saturated carbocycles. The van der Waals surface area contributed by atoms with E-state index in [0.717, 1.165) is 5.56 Å². The van der Waals surface area contributed by atoms with Gasteiger partial charge >= 0.3 is 5.97 Å². The lowest BCUT2D eigenvalue weighted by Gasteiger charge is -2.01. The maximum atomic E-state index is 10.6. The average Bonchev–Trinajstić information content (AvgIpc) is 2.29. The predicted octanol–water partition coefficient (Wildman–Crippen LogP) is 2.01.